The highest BCUT2D eigenvalue weighted by atomic mass is 35.5. The molecular weight excluding hydrogens is 390 g/mol. The summed E-state index contributed by atoms with van der Waals surface area (Å²) in [6, 6.07) is 13.1. The van der Waals surface area contributed by atoms with Gasteiger partial charge in [-0.05, 0) is 36.6 Å². The summed E-state index contributed by atoms with van der Waals surface area (Å²) in [5.74, 6) is -0.326. The van der Waals surface area contributed by atoms with E-state index in [-0.39, 0.29) is 34.5 Å². The van der Waals surface area contributed by atoms with E-state index in [2.05, 4.69) is 6.92 Å². The van der Waals surface area contributed by atoms with Crippen LogP contribution in [0, 0.1) is 11.2 Å². The fourth-order valence-electron chi connectivity index (χ4n) is 3.13. The fraction of sp³-hybridized carbons (Fsp3) is 0.350. The van der Waals surface area contributed by atoms with Crippen molar-refractivity contribution in [2.75, 3.05) is 19.6 Å². The Hall–Kier alpha value is -1.82. The van der Waals surface area contributed by atoms with Gasteiger partial charge in [0.25, 0.3) is 5.91 Å². The molecule has 1 aliphatic heterocycles. The second-order valence-electron chi connectivity index (χ2n) is 7.01. The maximum Gasteiger partial charge on any atom is 0.268 e. The molecule has 1 fully saturated rings. The summed E-state index contributed by atoms with van der Waals surface area (Å²) in [4.78, 5) is 15.0. The van der Waals surface area contributed by atoms with Crippen molar-refractivity contribution in [3.05, 3.63) is 64.9 Å². The number of hydrogen-bond acceptors (Lipinski definition) is 3. The van der Waals surface area contributed by atoms with Crippen molar-refractivity contribution < 1.29 is 13.9 Å². The van der Waals surface area contributed by atoms with Crippen LogP contribution in [0.1, 0.15) is 25.0 Å². The largest absolute Gasteiger partial charge is 0.474 e. The molecule has 0 radical (unpaired) electrons. The summed E-state index contributed by atoms with van der Waals surface area (Å²) < 4.78 is 19.3. The van der Waals surface area contributed by atoms with Gasteiger partial charge >= 0.3 is 0 Å². The molecule has 7 heteroatoms. The van der Waals surface area contributed by atoms with Gasteiger partial charge in [0, 0.05) is 18.7 Å². The highest BCUT2D eigenvalue weighted by molar-refractivity contribution is 6.32. The Balaban J connectivity index is 0.00000261. The van der Waals surface area contributed by atoms with Crippen LogP contribution in [0.5, 0.6) is 5.75 Å². The molecule has 3 rings (SSSR count). The average Bonchev–Trinajstić information content (AvgIpc) is 3.04. The minimum atomic E-state index is -0.848. The van der Waals surface area contributed by atoms with E-state index < -0.39 is 11.9 Å². The molecule has 2 aromatic carbocycles. The molecule has 0 aliphatic carbocycles. The molecule has 2 N–H and O–H groups in total. The summed E-state index contributed by atoms with van der Waals surface area (Å²) in [7, 11) is 0. The van der Waals surface area contributed by atoms with E-state index in [4.69, 9.17) is 22.1 Å². The Bertz CT molecular complexity index is 791. The predicted molar refractivity (Wildman–Crippen MR) is 107 cm³/mol. The minimum Gasteiger partial charge on any atom is -0.474 e. The molecule has 0 aromatic heterocycles. The van der Waals surface area contributed by atoms with E-state index in [9.17, 15) is 9.18 Å². The van der Waals surface area contributed by atoms with Gasteiger partial charge in [-0.25, -0.2) is 4.39 Å². The number of carbonyl (C=O) groups is 1. The van der Waals surface area contributed by atoms with Crippen molar-refractivity contribution in [1.82, 2.24) is 4.90 Å². The van der Waals surface area contributed by atoms with Crippen LogP contribution < -0.4 is 10.5 Å². The number of nitrogens with two attached hydrogens (primary N) is 1. The third-order valence-corrected chi connectivity index (χ3v) is 5.12. The molecule has 1 saturated heterocycles. The Kier molecular flexibility index (Phi) is 7.09. The molecule has 4 nitrogen and oxygen atoms in total. The number of hydrogen-bond donors (Lipinski definition) is 1. The van der Waals surface area contributed by atoms with E-state index >= 15 is 0 Å². The SMILES string of the molecule is CC1(CN)CCN(C(=O)C(Oc2ccc(F)cc2Cl)c2ccccc2)C1.Cl. The first-order valence-corrected chi connectivity index (χ1v) is 8.95. The standard InChI is InChI=1S/C20H22ClFN2O2.ClH/c1-20(12-23)9-10-24(13-20)19(25)18(14-5-3-2-4-6-14)26-17-8-7-15(22)11-16(17)21;/h2-8,11,18H,9-10,12-13,23H2,1H3;1H. The van der Waals surface area contributed by atoms with Crippen molar-refractivity contribution in [3.63, 3.8) is 0 Å². The monoisotopic (exact) mass is 412 g/mol. The summed E-state index contributed by atoms with van der Waals surface area (Å²) in [5.41, 5.74) is 6.50. The lowest BCUT2D eigenvalue weighted by Gasteiger charge is -2.27. The highest BCUT2D eigenvalue weighted by Gasteiger charge is 2.38. The molecule has 146 valence electrons. The van der Waals surface area contributed by atoms with Crippen LogP contribution in [0.3, 0.4) is 0 Å². The zero-order valence-corrected chi connectivity index (χ0v) is 16.6. The Labute approximate surface area is 169 Å². The average molecular weight is 413 g/mol. The number of carbonyl (C=O) groups excluding carboxylic acids is 1. The Morgan fingerprint density at radius 2 is 2.04 bits per heavy atom. The first kappa shape index (κ1) is 21.5. The van der Waals surface area contributed by atoms with Crippen molar-refractivity contribution in [1.29, 1.82) is 0 Å². The molecule has 2 atom stereocenters. The van der Waals surface area contributed by atoms with Gasteiger partial charge in [-0.15, -0.1) is 12.4 Å². The van der Waals surface area contributed by atoms with Crippen LogP contribution in [-0.4, -0.2) is 30.4 Å². The van der Waals surface area contributed by atoms with Crippen LogP contribution in [0.15, 0.2) is 48.5 Å². The van der Waals surface area contributed by atoms with E-state index in [0.717, 1.165) is 12.0 Å². The lowest BCUT2D eigenvalue weighted by atomic mass is 9.90. The van der Waals surface area contributed by atoms with Gasteiger partial charge in [0.2, 0.25) is 6.10 Å². The second-order valence-corrected chi connectivity index (χ2v) is 7.42. The number of halogens is 3. The maximum absolute atomic E-state index is 13.3. The summed E-state index contributed by atoms with van der Waals surface area (Å²) in [5, 5.41) is 0.131. The van der Waals surface area contributed by atoms with Gasteiger partial charge in [0.05, 0.1) is 5.02 Å². The van der Waals surface area contributed by atoms with Gasteiger partial charge < -0.3 is 15.4 Å². The molecule has 0 spiro atoms. The minimum absolute atomic E-state index is 0. The van der Waals surface area contributed by atoms with Gasteiger partial charge in [0.1, 0.15) is 11.6 Å². The van der Waals surface area contributed by atoms with Crippen molar-refractivity contribution in [2.24, 2.45) is 11.1 Å². The number of amides is 1. The smallest absolute Gasteiger partial charge is 0.268 e. The van der Waals surface area contributed by atoms with E-state index in [1.807, 2.05) is 30.3 Å². The molecule has 0 bridgehead atoms. The van der Waals surface area contributed by atoms with E-state index in [0.29, 0.717) is 19.6 Å². The summed E-state index contributed by atoms with van der Waals surface area (Å²) in [6.45, 7) is 3.83. The van der Waals surface area contributed by atoms with Gasteiger partial charge in [-0.2, -0.15) is 0 Å². The zero-order chi connectivity index (χ0) is 18.7. The number of ether oxygens (including phenoxy) is 1. The van der Waals surface area contributed by atoms with Crippen LogP contribution in [0.25, 0.3) is 0 Å². The molecule has 1 aliphatic rings. The summed E-state index contributed by atoms with van der Waals surface area (Å²) >= 11 is 6.09. The number of nitrogens with zero attached hydrogens (tertiary/aromatic N) is 1. The quantitative estimate of drug-likeness (QED) is 0.799. The second kappa shape index (κ2) is 8.91. The zero-order valence-electron chi connectivity index (χ0n) is 15.0. The molecule has 0 saturated carbocycles. The number of benzene rings is 2. The van der Waals surface area contributed by atoms with Crippen molar-refractivity contribution >= 4 is 29.9 Å². The van der Waals surface area contributed by atoms with Crippen molar-refractivity contribution in [3.8, 4) is 5.75 Å². The van der Waals surface area contributed by atoms with Crippen molar-refractivity contribution in [2.45, 2.75) is 19.4 Å². The van der Waals surface area contributed by atoms with Gasteiger partial charge in [-0.1, -0.05) is 48.9 Å². The molecule has 1 amide bonds. The number of likely N-dealkylation sites (tertiary alicyclic amines) is 1. The first-order chi connectivity index (χ1) is 12.4. The fourth-order valence-corrected chi connectivity index (χ4v) is 3.34. The van der Waals surface area contributed by atoms with Crippen LogP contribution in [0.2, 0.25) is 5.02 Å². The molecule has 1 heterocycles. The normalized spacial score (nSPS) is 20.1. The van der Waals surface area contributed by atoms with E-state index in [1.54, 1.807) is 4.90 Å². The van der Waals surface area contributed by atoms with Gasteiger partial charge in [-0.3, -0.25) is 4.79 Å². The van der Waals surface area contributed by atoms with Crippen LogP contribution in [0.4, 0.5) is 4.39 Å². The van der Waals surface area contributed by atoms with Crippen LogP contribution >= 0.6 is 24.0 Å². The predicted octanol–water partition coefficient (Wildman–Crippen LogP) is 4.22. The first-order valence-electron chi connectivity index (χ1n) is 8.57. The molecular formula is C20H23Cl2FN2O2. The Morgan fingerprint density at radius 3 is 2.63 bits per heavy atom. The summed E-state index contributed by atoms with van der Waals surface area (Å²) in [6.07, 6.45) is 0.00733. The molecule has 27 heavy (non-hydrogen) atoms. The molecule has 2 aromatic rings. The lowest BCUT2D eigenvalue weighted by molar-refractivity contribution is -0.138. The van der Waals surface area contributed by atoms with E-state index in [1.165, 1.54) is 18.2 Å². The van der Waals surface area contributed by atoms with Gasteiger partial charge in [0.15, 0.2) is 0 Å². The van der Waals surface area contributed by atoms with Crippen LogP contribution in [-0.2, 0) is 4.79 Å². The third kappa shape index (κ3) is 4.92. The third-order valence-electron chi connectivity index (χ3n) is 4.83. The topological polar surface area (TPSA) is 55.6 Å². The Morgan fingerprint density at radius 1 is 1.33 bits per heavy atom. The number of rotatable bonds is 5. The molecule has 2 unspecified atom stereocenters. The highest BCUT2D eigenvalue weighted by Crippen LogP contribution is 2.34. The maximum atomic E-state index is 13.3. The lowest BCUT2D eigenvalue weighted by Crippen LogP contribution is -2.38.